The van der Waals surface area contributed by atoms with Crippen LogP contribution in [0.3, 0.4) is 0 Å². The van der Waals surface area contributed by atoms with E-state index in [0.29, 0.717) is 17.0 Å². The molecule has 0 amide bonds. The van der Waals surface area contributed by atoms with Gasteiger partial charge in [0.05, 0.1) is 18.7 Å². The summed E-state index contributed by atoms with van der Waals surface area (Å²) in [6.07, 6.45) is 4.62. The van der Waals surface area contributed by atoms with Crippen LogP contribution in [0.1, 0.15) is 0 Å². The number of carboxylic acids is 1. The minimum absolute atomic E-state index is 0. The molecular formula is C18H11FLiN5O3. The number of pyridine rings is 1. The maximum atomic E-state index is 13.3. The molecule has 0 radical (unpaired) electrons. The van der Waals surface area contributed by atoms with Crippen LogP contribution in [0.2, 0.25) is 0 Å². The van der Waals surface area contributed by atoms with Crippen molar-refractivity contribution in [3.05, 3.63) is 60.8 Å². The molecule has 0 aliphatic heterocycles. The number of aromatic nitrogens is 5. The number of benzene rings is 1. The van der Waals surface area contributed by atoms with Gasteiger partial charge < -0.3 is 14.3 Å². The first kappa shape index (κ1) is 19.5. The predicted octanol–water partition coefficient (Wildman–Crippen LogP) is -1.44. The van der Waals surface area contributed by atoms with Crippen molar-refractivity contribution in [2.45, 2.75) is 6.54 Å². The zero-order valence-corrected chi connectivity index (χ0v) is 14.7. The van der Waals surface area contributed by atoms with Crippen LogP contribution < -0.4 is 24.0 Å². The van der Waals surface area contributed by atoms with E-state index < -0.39 is 12.5 Å². The monoisotopic (exact) mass is 371 g/mol. The van der Waals surface area contributed by atoms with E-state index in [-0.39, 0.29) is 36.3 Å². The fraction of sp³-hybridized carbons (Fsp3) is 0.0556. The average molecular weight is 371 g/mol. The molecular weight excluding hydrogens is 360 g/mol. The van der Waals surface area contributed by atoms with Crippen LogP contribution in [0.5, 0.6) is 0 Å². The first-order valence-electron chi connectivity index (χ1n) is 7.87. The molecule has 0 unspecified atom stereocenters. The summed E-state index contributed by atoms with van der Waals surface area (Å²) in [6, 6.07) is 9.35. The van der Waals surface area contributed by atoms with E-state index in [1.165, 1.54) is 18.3 Å². The quantitative estimate of drug-likeness (QED) is 0.395. The first-order valence-corrected chi connectivity index (χ1v) is 7.87. The van der Waals surface area contributed by atoms with Gasteiger partial charge in [-0.3, -0.25) is 4.98 Å². The smallest absolute Gasteiger partial charge is 0.548 e. The van der Waals surface area contributed by atoms with Crippen LogP contribution in [0.4, 0.5) is 4.39 Å². The van der Waals surface area contributed by atoms with Crippen molar-refractivity contribution in [2.75, 3.05) is 0 Å². The van der Waals surface area contributed by atoms with Gasteiger partial charge in [0, 0.05) is 23.5 Å². The Morgan fingerprint density at radius 1 is 1.11 bits per heavy atom. The zero-order chi connectivity index (χ0) is 18.8. The van der Waals surface area contributed by atoms with Gasteiger partial charge >= 0.3 is 18.9 Å². The van der Waals surface area contributed by atoms with Crippen molar-refractivity contribution in [2.24, 2.45) is 0 Å². The van der Waals surface area contributed by atoms with Gasteiger partial charge in [-0.2, -0.15) is 0 Å². The molecule has 28 heavy (non-hydrogen) atoms. The summed E-state index contributed by atoms with van der Waals surface area (Å²) in [5.41, 5.74) is 2.14. The number of nitrogens with zero attached hydrogens (tertiary/aromatic N) is 5. The molecule has 0 aliphatic rings. The van der Waals surface area contributed by atoms with Gasteiger partial charge in [-0.1, -0.05) is 5.21 Å². The molecule has 0 atom stereocenters. The van der Waals surface area contributed by atoms with Gasteiger partial charge in [0.2, 0.25) is 5.89 Å². The van der Waals surface area contributed by atoms with Gasteiger partial charge in [-0.25, -0.2) is 14.1 Å². The SMILES string of the molecule is O=C([O-])Cn1cc(-c2nc(-c3ccc(F)cc3)c(-c3ccncc3)o2)nn1.[Li+]. The second-order valence-corrected chi connectivity index (χ2v) is 5.61. The summed E-state index contributed by atoms with van der Waals surface area (Å²) in [6.45, 7) is -0.435. The second kappa shape index (κ2) is 8.17. The van der Waals surface area contributed by atoms with Crippen LogP contribution in [0.25, 0.3) is 34.2 Å². The molecule has 4 aromatic rings. The average Bonchev–Trinajstić information content (AvgIpc) is 3.30. The predicted molar refractivity (Wildman–Crippen MR) is 89.2 cm³/mol. The van der Waals surface area contributed by atoms with E-state index in [1.54, 1.807) is 36.7 Å². The van der Waals surface area contributed by atoms with E-state index in [9.17, 15) is 14.3 Å². The van der Waals surface area contributed by atoms with Crippen LogP contribution in [0, 0.1) is 5.82 Å². The molecule has 4 rings (SSSR count). The minimum Gasteiger partial charge on any atom is -0.548 e. The fourth-order valence-corrected chi connectivity index (χ4v) is 2.54. The summed E-state index contributed by atoms with van der Waals surface area (Å²) in [5, 5.41) is 18.3. The summed E-state index contributed by atoms with van der Waals surface area (Å²) in [4.78, 5) is 19.1. The zero-order valence-electron chi connectivity index (χ0n) is 14.7. The first-order chi connectivity index (χ1) is 13.1. The molecule has 10 heteroatoms. The third-order valence-corrected chi connectivity index (χ3v) is 3.74. The van der Waals surface area contributed by atoms with Crippen molar-refractivity contribution < 1.29 is 37.6 Å². The third kappa shape index (κ3) is 4.01. The maximum Gasteiger partial charge on any atom is 1.00 e. The Hall–Kier alpha value is -3.28. The molecule has 3 aromatic heterocycles. The molecule has 3 heterocycles. The Bertz CT molecular complexity index is 1100. The molecule has 0 saturated heterocycles. The Balaban J connectivity index is 0.00000225. The van der Waals surface area contributed by atoms with E-state index in [2.05, 4.69) is 20.3 Å². The minimum atomic E-state index is -1.29. The number of carbonyl (C=O) groups is 1. The number of hydrogen-bond acceptors (Lipinski definition) is 7. The van der Waals surface area contributed by atoms with Gasteiger partial charge in [-0.05, 0) is 36.4 Å². The maximum absolute atomic E-state index is 13.3. The third-order valence-electron chi connectivity index (χ3n) is 3.74. The summed E-state index contributed by atoms with van der Waals surface area (Å²) >= 11 is 0. The van der Waals surface area contributed by atoms with Crippen LogP contribution in [-0.4, -0.2) is 30.9 Å². The van der Waals surface area contributed by atoms with E-state index in [0.717, 1.165) is 10.2 Å². The summed E-state index contributed by atoms with van der Waals surface area (Å²) < 4.78 is 20.3. The topological polar surface area (TPSA) is 110 Å². The molecule has 134 valence electrons. The molecule has 0 N–H and O–H groups in total. The van der Waals surface area contributed by atoms with Crippen LogP contribution >= 0.6 is 0 Å². The normalized spacial score (nSPS) is 10.5. The van der Waals surface area contributed by atoms with Crippen LogP contribution in [0.15, 0.2) is 59.4 Å². The Kier molecular flexibility index (Phi) is 5.68. The number of carboxylic acid groups (broad SMARTS) is 1. The number of aliphatic carboxylic acids is 1. The standard InChI is InChI=1S/C18H12FN5O3.Li/c19-13-3-1-11(2-4-13)16-17(12-5-7-20-8-6-12)27-18(21-16)14-9-24(23-22-14)10-15(25)26;/h1-9H,10H2,(H,25,26);/q;+1/p-1. The molecule has 8 nitrogen and oxygen atoms in total. The van der Waals surface area contributed by atoms with Crippen molar-refractivity contribution in [3.8, 4) is 34.2 Å². The largest absolute Gasteiger partial charge is 1.00 e. The Morgan fingerprint density at radius 2 is 1.82 bits per heavy atom. The van der Waals surface area contributed by atoms with E-state index >= 15 is 0 Å². The molecule has 0 spiro atoms. The fourth-order valence-electron chi connectivity index (χ4n) is 2.54. The van der Waals surface area contributed by atoms with Crippen molar-refractivity contribution in [3.63, 3.8) is 0 Å². The summed E-state index contributed by atoms with van der Waals surface area (Å²) in [7, 11) is 0. The van der Waals surface area contributed by atoms with Gasteiger partial charge in [0.1, 0.15) is 11.5 Å². The van der Waals surface area contributed by atoms with Crippen LogP contribution in [-0.2, 0) is 11.3 Å². The van der Waals surface area contributed by atoms with Crippen molar-refractivity contribution in [1.29, 1.82) is 0 Å². The van der Waals surface area contributed by atoms with Gasteiger partial charge in [0.25, 0.3) is 0 Å². The Labute approximate surface area is 170 Å². The number of halogens is 1. The second-order valence-electron chi connectivity index (χ2n) is 5.61. The van der Waals surface area contributed by atoms with E-state index in [1.807, 2.05) is 0 Å². The molecule has 0 bridgehead atoms. The number of carbonyl (C=O) groups excluding carboxylic acids is 1. The number of oxazole rings is 1. The summed E-state index contributed by atoms with van der Waals surface area (Å²) in [5.74, 6) is -1.04. The molecule has 0 fully saturated rings. The molecule has 0 aliphatic carbocycles. The number of hydrogen-bond donors (Lipinski definition) is 0. The number of rotatable bonds is 5. The molecule has 0 saturated carbocycles. The molecule has 1 aromatic carbocycles. The van der Waals surface area contributed by atoms with Gasteiger partial charge in [0.15, 0.2) is 11.5 Å². The Morgan fingerprint density at radius 3 is 2.50 bits per heavy atom. The van der Waals surface area contributed by atoms with Crippen molar-refractivity contribution in [1.82, 2.24) is 25.0 Å². The van der Waals surface area contributed by atoms with E-state index in [4.69, 9.17) is 4.42 Å². The van der Waals surface area contributed by atoms with Crippen molar-refractivity contribution >= 4 is 5.97 Å². The van der Waals surface area contributed by atoms with Gasteiger partial charge in [-0.15, -0.1) is 5.10 Å².